The highest BCUT2D eigenvalue weighted by Crippen LogP contribution is 2.39. The zero-order valence-electron chi connectivity index (χ0n) is 15.1. The van der Waals surface area contributed by atoms with Crippen LogP contribution in [-0.2, 0) is 14.1 Å². The number of benzene rings is 1. The molecule has 4 nitrogen and oxygen atoms in total. The van der Waals surface area contributed by atoms with Crippen molar-refractivity contribution in [2.24, 2.45) is 0 Å². The first-order chi connectivity index (χ1) is 11.6. The number of nitriles is 1. The van der Waals surface area contributed by atoms with Crippen LogP contribution in [0.5, 0.6) is 0 Å². The molecule has 0 bridgehead atoms. The Balaban J connectivity index is 2.41. The number of carbonyl (C=O) groups excluding carboxylic acids is 1. The summed E-state index contributed by atoms with van der Waals surface area (Å²) < 4.78 is 26.4. The van der Waals surface area contributed by atoms with Crippen LogP contribution in [0, 0.1) is 17.1 Å². The summed E-state index contributed by atoms with van der Waals surface area (Å²) in [4.78, 5) is 11.4. The van der Waals surface area contributed by atoms with E-state index in [-0.39, 0.29) is 16.2 Å². The molecule has 0 aliphatic carbocycles. The number of nitrogens with zero attached hydrogens (tertiary/aromatic N) is 1. The molecule has 1 fully saturated rings. The van der Waals surface area contributed by atoms with Crippen LogP contribution < -0.4 is 0 Å². The van der Waals surface area contributed by atoms with E-state index in [4.69, 9.17) is 14.6 Å². The average Bonchev–Trinajstić information content (AvgIpc) is 2.73. The molecular formula is C18H21BFNO3S. The van der Waals surface area contributed by atoms with Crippen LogP contribution >= 0.6 is 11.8 Å². The lowest BCUT2D eigenvalue weighted by atomic mass is 9.78. The van der Waals surface area contributed by atoms with Gasteiger partial charge in [0.2, 0.25) is 0 Å². The summed E-state index contributed by atoms with van der Waals surface area (Å²) in [6, 6.07) is 6.45. The Morgan fingerprint density at radius 2 is 1.92 bits per heavy atom. The SMILES string of the molecule is CC(=O)SCC(=Cc1cccc(C#N)c1F)B1OC(C)(C)C(C)(C)O1. The van der Waals surface area contributed by atoms with Gasteiger partial charge in [-0.2, -0.15) is 5.26 Å². The lowest BCUT2D eigenvalue weighted by Gasteiger charge is -2.32. The van der Waals surface area contributed by atoms with E-state index in [0.29, 0.717) is 11.2 Å². The van der Waals surface area contributed by atoms with Crippen molar-refractivity contribution in [2.75, 3.05) is 5.75 Å². The zero-order valence-corrected chi connectivity index (χ0v) is 15.9. The van der Waals surface area contributed by atoms with E-state index < -0.39 is 24.1 Å². The van der Waals surface area contributed by atoms with Crippen LogP contribution in [0.1, 0.15) is 45.7 Å². The Morgan fingerprint density at radius 3 is 2.44 bits per heavy atom. The van der Waals surface area contributed by atoms with Gasteiger partial charge in [-0.3, -0.25) is 4.79 Å². The molecule has 1 aromatic carbocycles. The minimum atomic E-state index is -0.679. The highest BCUT2D eigenvalue weighted by molar-refractivity contribution is 8.13. The Hall–Kier alpha value is -1.62. The standard InChI is InChI=1S/C18H21BFNO3S/c1-12(22)25-11-15(19-23-17(2,3)18(4,5)24-19)9-13-7-6-8-14(10-21)16(13)20/h6-9H,11H2,1-5H3. The van der Waals surface area contributed by atoms with Gasteiger partial charge in [0, 0.05) is 18.2 Å². The molecule has 0 radical (unpaired) electrons. The molecule has 7 heteroatoms. The molecule has 2 rings (SSSR count). The minimum Gasteiger partial charge on any atom is -0.400 e. The van der Waals surface area contributed by atoms with Crippen molar-refractivity contribution in [3.8, 4) is 6.07 Å². The largest absolute Gasteiger partial charge is 0.491 e. The van der Waals surface area contributed by atoms with Crippen molar-refractivity contribution >= 4 is 30.1 Å². The van der Waals surface area contributed by atoms with Crippen LogP contribution in [0.15, 0.2) is 23.7 Å². The van der Waals surface area contributed by atoms with Crippen LogP contribution in [-0.4, -0.2) is 29.2 Å². The molecule has 1 saturated heterocycles. The fourth-order valence-electron chi connectivity index (χ4n) is 2.30. The molecule has 0 spiro atoms. The minimum absolute atomic E-state index is 0.0266. The number of hydrogen-bond acceptors (Lipinski definition) is 5. The number of halogens is 1. The topological polar surface area (TPSA) is 59.3 Å². The molecule has 1 aliphatic heterocycles. The van der Waals surface area contributed by atoms with Crippen LogP contribution in [0.2, 0.25) is 0 Å². The van der Waals surface area contributed by atoms with Gasteiger partial charge in [0.25, 0.3) is 0 Å². The summed E-state index contributed by atoms with van der Waals surface area (Å²) in [5.41, 5.74) is -0.183. The Morgan fingerprint density at radius 1 is 1.32 bits per heavy atom. The van der Waals surface area contributed by atoms with Gasteiger partial charge in [0.1, 0.15) is 11.9 Å². The summed E-state index contributed by atoms with van der Waals surface area (Å²) in [6.07, 6.45) is 1.61. The van der Waals surface area contributed by atoms with Crippen LogP contribution in [0.4, 0.5) is 4.39 Å². The molecule has 0 amide bonds. The second-order valence-corrected chi connectivity index (χ2v) is 8.06. The van der Waals surface area contributed by atoms with Crippen molar-refractivity contribution in [3.05, 3.63) is 40.6 Å². The second kappa shape index (κ2) is 7.32. The third-order valence-electron chi connectivity index (χ3n) is 4.49. The molecule has 1 aliphatic rings. The smallest absolute Gasteiger partial charge is 0.400 e. The van der Waals surface area contributed by atoms with Gasteiger partial charge in [0.05, 0.1) is 16.8 Å². The molecule has 0 saturated carbocycles. The van der Waals surface area contributed by atoms with Gasteiger partial charge in [-0.25, -0.2) is 4.39 Å². The van der Waals surface area contributed by atoms with E-state index >= 15 is 0 Å². The van der Waals surface area contributed by atoms with E-state index in [0.717, 1.165) is 11.8 Å². The molecule has 1 aromatic rings. The third kappa shape index (κ3) is 4.32. The predicted octanol–water partition coefficient (Wildman–Crippen LogP) is 3.99. The summed E-state index contributed by atoms with van der Waals surface area (Å²) in [7, 11) is -0.679. The van der Waals surface area contributed by atoms with Crippen molar-refractivity contribution in [2.45, 2.75) is 45.8 Å². The quantitative estimate of drug-likeness (QED) is 0.759. The first kappa shape index (κ1) is 19.7. The van der Waals surface area contributed by atoms with E-state index in [9.17, 15) is 9.18 Å². The van der Waals surface area contributed by atoms with Crippen molar-refractivity contribution in [1.29, 1.82) is 5.26 Å². The third-order valence-corrected chi connectivity index (χ3v) is 5.37. The summed E-state index contributed by atoms with van der Waals surface area (Å²) >= 11 is 1.11. The van der Waals surface area contributed by atoms with Gasteiger partial charge in [-0.05, 0) is 39.2 Å². The molecule has 1 heterocycles. The first-order valence-electron chi connectivity index (χ1n) is 7.95. The molecule has 25 heavy (non-hydrogen) atoms. The molecule has 132 valence electrons. The maximum atomic E-state index is 14.4. The maximum absolute atomic E-state index is 14.4. The van der Waals surface area contributed by atoms with Gasteiger partial charge in [-0.1, -0.05) is 30.0 Å². The second-order valence-electron chi connectivity index (χ2n) is 6.91. The van der Waals surface area contributed by atoms with Crippen LogP contribution in [0.3, 0.4) is 0 Å². The average molecular weight is 361 g/mol. The van der Waals surface area contributed by atoms with Gasteiger partial charge in [-0.15, -0.1) is 0 Å². The molecule has 0 N–H and O–H groups in total. The summed E-state index contributed by atoms with van der Waals surface area (Å²) in [5.74, 6) is -0.269. The Bertz CT molecular complexity index is 739. The monoisotopic (exact) mass is 361 g/mol. The first-order valence-corrected chi connectivity index (χ1v) is 8.94. The van der Waals surface area contributed by atoms with Gasteiger partial charge < -0.3 is 9.31 Å². The Kier molecular flexibility index (Phi) is 5.77. The lowest BCUT2D eigenvalue weighted by Crippen LogP contribution is -2.41. The number of hydrogen-bond donors (Lipinski definition) is 0. The summed E-state index contributed by atoms with van der Waals surface area (Å²) in [5, 5.41) is 8.95. The van der Waals surface area contributed by atoms with E-state index in [1.807, 2.05) is 33.8 Å². The molecule has 0 aromatic heterocycles. The van der Waals surface area contributed by atoms with E-state index in [2.05, 4.69) is 0 Å². The highest BCUT2D eigenvalue weighted by Gasteiger charge is 2.52. The number of thioether (sulfide) groups is 1. The zero-order chi connectivity index (χ0) is 18.8. The van der Waals surface area contributed by atoms with E-state index in [1.54, 1.807) is 18.2 Å². The number of carbonyl (C=O) groups is 1. The van der Waals surface area contributed by atoms with Crippen molar-refractivity contribution in [3.63, 3.8) is 0 Å². The highest BCUT2D eigenvalue weighted by atomic mass is 32.2. The van der Waals surface area contributed by atoms with Crippen LogP contribution in [0.25, 0.3) is 6.08 Å². The van der Waals surface area contributed by atoms with Crippen molar-refractivity contribution in [1.82, 2.24) is 0 Å². The molecular weight excluding hydrogens is 340 g/mol. The number of rotatable bonds is 4. The lowest BCUT2D eigenvalue weighted by molar-refractivity contribution is -0.109. The predicted molar refractivity (Wildman–Crippen MR) is 98.3 cm³/mol. The Labute approximate surface area is 152 Å². The normalized spacial score (nSPS) is 18.9. The fraction of sp³-hybridized carbons (Fsp3) is 0.444. The van der Waals surface area contributed by atoms with E-state index in [1.165, 1.54) is 13.0 Å². The van der Waals surface area contributed by atoms with Gasteiger partial charge in [0.15, 0.2) is 5.12 Å². The maximum Gasteiger partial charge on any atom is 0.491 e. The summed E-state index contributed by atoms with van der Waals surface area (Å²) in [6.45, 7) is 9.20. The molecule has 0 atom stereocenters. The van der Waals surface area contributed by atoms with Crippen molar-refractivity contribution < 1.29 is 18.5 Å². The fourth-order valence-corrected chi connectivity index (χ4v) is 2.89. The van der Waals surface area contributed by atoms with Gasteiger partial charge >= 0.3 is 7.12 Å². The molecule has 0 unspecified atom stereocenters.